The van der Waals surface area contributed by atoms with Gasteiger partial charge in [0.25, 0.3) is 0 Å². The molecule has 1 unspecified atom stereocenters. The summed E-state index contributed by atoms with van der Waals surface area (Å²) in [6.07, 6.45) is 0. The average Bonchev–Trinajstić information content (AvgIpc) is 2.27. The maximum Gasteiger partial charge on any atom is 0.241 e. The molecule has 0 saturated heterocycles. The van der Waals surface area contributed by atoms with E-state index in [4.69, 9.17) is 18.0 Å². The largest absolute Gasteiger partial charge is 0.389 e. The molecule has 0 spiro atoms. The summed E-state index contributed by atoms with van der Waals surface area (Å²) in [5.74, 6) is -0.0699. The highest BCUT2D eigenvalue weighted by Gasteiger charge is 2.11. The molecule has 1 rings (SSSR count). The number of anilines is 1. The Balaban J connectivity index is 2.84. The van der Waals surface area contributed by atoms with Gasteiger partial charge in [-0.2, -0.15) is 0 Å². The van der Waals surface area contributed by atoms with E-state index in [9.17, 15) is 4.79 Å². The highest BCUT2D eigenvalue weighted by molar-refractivity contribution is 9.10. The van der Waals surface area contributed by atoms with Crippen molar-refractivity contribution in [3.05, 3.63) is 28.2 Å². The summed E-state index contributed by atoms with van der Waals surface area (Å²) in [7, 11) is 1.60. The van der Waals surface area contributed by atoms with Crippen LogP contribution in [0, 0.1) is 0 Å². The molecular weight excluding hydrogens is 302 g/mol. The van der Waals surface area contributed by atoms with Gasteiger partial charge in [0.2, 0.25) is 5.91 Å². The second kappa shape index (κ2) is 5.97. The molecule has 92 valence electrons. The van der Waals surface area contributed by atoms with Crippen LogP contribution in [0.3, 0.4) is 0 Å². The lowest BCUT2D eigenvalue weighted by Gasteiger charge is -2.14. The normalized spacial score (nSPS) is 11.7. The van der Waals surface area contributed by atoms with E-state index in [1.807, 2.05) is 18.2 Å². The summed E-state index contributed by atoms with van der Waals surface area (Å²) in [6, 6.07) is 5.18. The Morgan fingerprint density at radius 3 is 2.65 bits per heavy atom. The van der Waals surface area contributed by atoms with Gasteiger partial charge in [0.1, 0.15) is 11.0 Å². The van der Waals surface area contributed by atoms with Crippen molar-refractivity contribution in [2.45, 2.75) is 13.0 Å². The summed E-state index contributed by atoms with van der Waals surface area (Å²) in [4.78, 5) is 11.7. The molecule has 1 aromatic carbocycles. The minimum absolute atomic E-state index is 0.0699. The summed E-state index contributed by atoms with van der Waals surface area (Å²) >= 11 is 8.29. The van der Waals surface area contributed by atoms with Gasteiger partial charge in [0, 0.05) is 22.8 Å². The monoisotopic (exact) mass is 315 g/mol. The number of carbonyl (C=O) groups excluding carboxylic acids is 1. The third-order valence-corrected chi connectivity index (χ3v) is 3.13. The number of nitrogens with one attached hydrogen (secondary N) is 2. The number of thiocarbonyl (C=S) groups is 1. The van der Waals surface area contributed by atoms with Crippen LogP contribution in [0.25, 0.3) is 0 Å². The molecule has 0 aliphatic rings. The van der Waals surface area contributed by atoms with Crippen LogP contribution in [-0.4, -0.2) is 24.0 Å². The smallest absolute Gasteiger partial charge is 0.241 e. The van der Waals surface area contributed by atoms with E-state index in [-0.39, 0.29) is 11.9 Å². The number of benzene rings is 1. The van der Waals surface area contributed by atoms with E-state index in [0.717, 1.165) is 15.7 Å². The van der Waals surface area contributed by atoms with Gasteiger partial charge in [-0.05, 0) is 41.1 Å². The van der Waals surface area contributed by atoms with Gasteiger partial charge < -0.3 is 16.4 Å². The maximum absolute atomic E-state index is 11.4. The van der Waals surface area contributed by atoms with Crippen LogP contribution in [0.15, 0.2) is 22.7 Å². The molecule has 6 heteroatoms. The molecule has 1 aromatic rings. The lowest BCUT2D eigenvalue weighted by molar-refractivity contribution is -0.121. The number of rotatable bonds is 4. The van der Waals surface area contributed by atoms with Gasteiger partial charge in [-0.15, -0.1) is 0 Å². The fraction of sp³-hybridized carbons (Fsp3) is 0.273. The Morgan fingerprint density at radius 2 is 2.18 bits per heavy atom. The Hall–Kier alpha value is -1.14. The zero-order valence-electron chi connectivity index (χ0n) is 9.58. The van der Waals surface area contributed by atoms with Crippen molar-refractivity contribution in [2.24, 2.45) is 5.73 Å². The third kappa shape index (κ3) is 3.67. The summed E-state index contributed by atoms with van der Waals surface area (Å²) < 4.78 is 0.805. The van der Waals surface area contributed by atoms with Crippen molar-refractivity contribution in [3.8, 4) is 0 Å². The molecule has 0 aliphatic carbocycles. The molecule has 0 fully saturated rings. The zero-order chi connectivity index (χ0) is 13.0. The third-order valence-electron chi connectivity index (χ3n) is 2.26. The fourth-order valence-electron chi connectivity index (χ4n) is 1.34. The Bertz CT molecular complexity index is 450. The Morgan fingerprint density at radius 1 is 1.53 bits per heavy atom. The number of halogens is 1. The van der Waals surface area contributed by atoms with Crippen molar-refractivity contribution in [1.82, 2.24) is 5.32 Å². The number of hydrogen-bond donors (Lipinski definition) is 3. The van der Waals surface area contributed by atoms with E-state index < -0.39 is 0 Å². The van der Waals surface area contributed by atoms with Gasteiger partial charge in [-0.25, -0.2) is 0 Å². The van der Waals surface area contributed by atoms with Crippen molar-refractivity contribution in [2.75, 3.05) is 12.4 Å². The Kier molecular flexibility index (Phi) is 4.89. The van der Waals surface area contributed by atoms with Gasteiger partial charge in [0.05, 0.1) is 0 Å². The van der Waals surface area contributed by atoms with Gasteiger partial charge in [0.15, 0.2) is 0 Å². The van der Waals surface area contributed by atoms with Crippen LogP contribution in [0.1, 0.15) is 12.5 Å². The van der Waals surface area contributed by atoms with Gasteiger partial charge in [-0.1, -0.05) is 12.2 Å². The fourth-order valence-corrected chi connectivity index (χ4v) is 2.24. The summed E-state index contributed by atoms with van der Waals surface area (Å²) in [6.45, 7) is 1.79. The van der Waals surface area contributed by atoms with E-state index in [0.29, 0.717) is 4.99 Å². The van der Waals surface area contributed by atoms with Crippen LogP contribution in [-0.2, 0) is 4.79 Å². The predicted molar refractivity (Wildman–Crippen MR) is 77.2 cm³/mol. The zero-order valence-corrected chi connectivity index (χ0v) is 12.0. The van der Waals surface area contributed by atoms with Crippen LogP contribution < -0.4 is 16.4 Å². The van der Waals surface area contributed by atoms with E-state index in [1.165, 1.54) is 0 Å². The lowest BCUT2D eigenvalue weighted by Crippen LogP contribution is -2.35. The minimum atomic E-state index is -0.303. The highest BCUT2D eigenvalue weighted by Crippen LogP contribution is 2.22. The molecule has 0 heterocycles. The summed E-state index contributed by atoms with van der Waals surface area (Å²) in [5, 5.41) is 5.65. The van der Waals surface area contributed by atoms with E-state index in [1.54, 1.807) is 14.0 Å². The minimum Gasteiger partial charge on any atom is -0.389 e. The highest BCUT2D eigenvalue weighted by atomic mass is 79.9. The average molecular weight is 316 g/mol. The first-order valence-corrected chi connectivity index (χ1v) is 6.23. The SMILES string of the molecule is CNC(=O)C(C)Nc1ccc(C(N)=S)c(Br)c1. The second-order valence-corrected chi connectivity index (χ2v) is 4.83. The quantitative estimate of drug-likeness (QED) is 0.739. The van der Waals surface area contributed by atoms with Crippen LogP contribution >= 0.6 is 28.1 Å². The molecule has 4 N–H and O–H groups in total. The first-order valence-electron chi connectivity index (χ1n) is 5.03. The first kappa shape index (κ1) is 13.9. The number of amides is 1. The molecule has 0 aromatic heterocycles. The predicted octanol–water partition coefficient (Wildman–Crippen LogP) is 1.63. The number of likely N-dealkylation sites (N-methyl/N-ethyl adjacent to an activating group) is 1. The van der Waals surface area contributed by atoms with Crippen molar-refractivity contribution < 1.29 is 4.79 Å². The molecule has 0 saturated carbocycles. The molecule has 1 amide bonds. The Labute approximate surface area is 114 Å². The van der Waals surface area contributed by atoms with Crippen molar-refractivity contribution in [3.63, 3.8) is 0 Å². The molecule has 17 heavy (non-hydrogen) atoms. The van der Waals surface area contributed by atoms with Gasteiger partial charge in [-0.3, -0.25) is 4.79 Å². The van der Waals surface area contributed by atoms with Crippen LogP contribution in [0.5, 0.6) is 0 Å². The molecule has 0 aliphatic heterocycles. The second-order valence-electron chi connectivity index (χ2n) is 3.54. The number of nitrogens with two attached hydrogens (primary N) is 1. The maximum atomic E-state index is 11.4. The standard InChI is InChI=1S/C11H14BrN3OS/c1-6(11(16)14-2)15-7-3-4-8(10(13)17)9(12)5-7/h3-6,15H,1-2H3,(H2,13,17)(H,14,16). The molecule has 0 radical (unpaired) electrons. The first-order chi connectivity index (χ1) is 7.95. The van der Waals surface area contributed by atoms with Crippen LogP contribution in [0.4, 0.5) is 5.69 Å². The van der Waals surface area contributed by atoms with Gasteiger partial charge >= 0.3 is 0 Å². The van der Waals surface area contributed by atoms with Crippen molar-refractivity contribution in [1.29, 1.82) is 0 Å². The number of hydrogen-bond acceptors (Lipinski definition) is 3. The topological polar surface area (TPSA) is 67.2 Å². The molecule has 1 atom stereocenters. The number of carbonyl (C=O) groups is 1. The summed E-state index contributed by atoms with van der Waals surface area (Å²) in [5.41, 5.74) is 7.16. The molecular formula is C11H14BrN3OS. The molecule has 0 bridgehead atoms. The van der Waals surface area contributed by atoms with Crippen molar-refractivity contribution >= 4 is 44.7 Å². The lowest BCUT2D eigenvalue weighted by atomic mass is 10.2. The van der Waals surface area contributed by atoms with E-state index in [2.05, 4.69) is 26.6 Å². The van der Waals surface area contributed by atoms with Crippen LogP contribution in [0.2, 0.25) is 0 Å². The van der Waals surface area contributed by atoms with E-state index >= 15 is 0 Å². The molecule has 4 nitrogen and oxygen atoms in total.